The van der Waals surface area contributed by atoms with Gasteiger partial charge in [-0.3, -0.25) is 0 Å². The van der Waals surface area contributed by atoms with Gasteiger partial charge in [0, 0.05) is 0 Å². The Morgan fingerprint density at radius 1 is 0.737 bits per heavy atom. The van der Waals surface area contributed by atoms with Gasteiger partial charge >= 0.3 is 11.9 Å². The van der Waals surface area contributed by atoms with E-state index in [2.05, 4.69) is 11.7 Å². The van der Waals surface area contributed by atoms with Crippen molar-refractivity contribution in [1.82, 2.24) is 0 Å². The zero-order valence-corrected chi connectivity index (χ0v) is 23.4. The van der Waals surface area contributed by atoms with Crippen LogP contribution >= 0.6 is 0 Å². The molecule has 0 aliphatic rings. The van der Waals surface area contributed by atoms with E-state index in [1.54, 1.807) is 24.3 Å². The van der Waals surface area contributed by atoms with Gasteiger partial charge in [-0.2, -0.15) is 0 Å². The molecule has 6 heteroatoms. The van der Waals surface area contributed by atoms with Gasteiger partial charge in [0.05, 0.1) is 24.8 Å². The number of aromatic hydroxyl groups is 1. The first-order valence-corrected chi connectivity index (χ1v) is 13.1. The highest BCUT2D eigenvalue weighted by atomic mass is 16.5. The zero-order valence-electron chi connectivity index (χ0n) is 23.4. The lowest BCUT2D eigenvalue weighted by Crippen LogP contribution is -2.07. The normalized spacial score (nSPS) is 10.3. The van der Waals surface area contributed by atoms with Gasteiger partial charge in [-0.05, 0) is 92.8 Å². The molecular weight excluding hydrogens is 480 g/mol. The van der Waals surface area contributed by atoms with E-state index in [1.807, 2.05) is 58.0 Å². The number of carbonyl (C=O) groups is 2. The van der Waals surface area contributed by atoms with Crippen LogP contribution in [0.5, 0.6) is 17.2 Å². The molecule has 6 nitrogen and oxygen atoms in total. The summed E-state index contributed by atoms with van der Waals surface area (Å²) in [5, 5.41) is 9.75. The molecule has 0 aromatic heterocycles. The molecule has 0 saturated heterocycles. The molecule has 3 aromatic carbocycles. The van der Waals surface area contributed by atoms with Crippen LogP contribution in [0.25, 0.3) is 0 Å². The summed E-state index contributed by atoms with van der Waals surface area (Å²) in [7, 11) is 1.32. The average molecular weight is 521 g/mol. The fraction of sp³-hybridized carbons (Fsp3) is 0.375. The van der Waals surface area contributed by atoms with Crippen molar-refractivity contribution in [2.24, 2.45) is 0 Å². The summed E-state index contributed by atoms with van der Waals surface area (Å²) >= 11 is 0. The summed E-state index contributed by atoms with van der Waals surface area (Å²) < 4.78 is 15.7. The van der Waals surface area contributed by atoms with Crippen molar-refractivity contribution < 1.29 is 28.9 Å². The van der Waals surface area contributed by atoms with E-state index >= 15 is 0 Å². The molecule has 0 saturated carbocycles. The van der Waals surface area contributed by atoms with Crippen molar-refractivity contribution in [3.05, 3.63) is 88.0 Å². The Bertz CT molecular complexity index is 1150. The molecule has 204 valence electrons. The summed E-state index contributed by atoms with van der Waals surface area (Å²) in [4.78, 5) is 23.0. The van der Waals surface area contributed by atoms with E-state index < -0.39 is 5.97 Å². The Morgan fingerprint density at radius 3 is 1.79 bits per heavy atom. The van der Waals surface area contributed by atoms with Crippen LogP contribution in [0.2, 0.25) is 0 Å². The van der Waals surface area contributed by atoms with Crippen LogP contribution in [-0.2, 0) is 9.47 Å². The predicted molar refractivity (Wildman–Crippen MR) is 150 cm³/mol. The Hall–Kier alpha value is -3.80. The number of benzene rings is 3. The zero-order chi connectivity index (χ0) is 28.1. The highest BCUT2D eigenvalue weighted by Gasteiger charge is 2.10. The topological polar surface area (TPSA) is 82.1 Å². The fourth-order valence-corrected chi connectivity index (χ4v) is 3.87. The SMILES string of the molecule is CCCCCCCOC(=O)c1ccc(C(=O)OC)cc1.Cc1cc(Oc2c(C)cccc2C)cc(C)c1O. The average Bonchev–Trinajstić information content (AvgIpc) is 2.91. The number of carbonyl (C=O) groups excluding carboxylic acids is 2. The number of phenolic OH excluding ortho intramolecular Hbond substituents is 1. The first-order chi connectivity index (χ1) is 18.2. The molecule has 0 atom stereocenters. The fourth-order valence-electron chi connectivity index (χ4n) is 3.87. The van der Waals surface area contributed by atoms with Gasteiger partial charge in [0.25, 0.3) is 0 Å². The van der Waals surface area contributed by atoms with Gasteiger partial charge in [0.15, 0.2) is 0 Å². The van der Waals surface area contributed by atoms with Crippen LogP contribution in [0.15, 0.2) is 54.6 Å². The van der Waals surface area contributed by atoms with Gasteiger partial charge < -0.3 is 19.3 Å². The van der Waals surface area contributed by atoms with Crippen LogP contribution in [0.1, 0.15) is 82.0 Å². The lowest BCUT2D eigenvalue weighted by Gasteiger charge is -2.13. The molecule has 0 aliphatic heterocycles. The second-order valence-corrected chi connectivity index (χ2v) is 9.35. The number of hydrogen-bond acceptors (Lipinski definition) is 6. The standard InChI is InChI=1S/C16H22O4.C16H18O2/c1-3-4-5-6-7-12-20-16(18)14-10-8-13(9-11-14)15(17)19-2;1-10-6-5-7-11(2)16(10)18-14-8-12(3)15(17)13(4)9-14/h8-11H,3-7,12H2,1-2H3;5-9,17H,1-4H3. The molecule has 0 bridgehead atoms. The predicted octanol–water partition coefficient (Wildman–Crippen LogP) is 8.02. The van der Waals surface area contributed by atoms with Crippen LogP contribution in [0.3, 0.4) is 0 Å². The molecule has 3 rings (SSSR count). The molecule has 0 heterocycles. The Balaban J connectivity index is 0.000000268. The monoisotopic (exact) mass is 520 g/mol. The number of hydrogen-bond donors (Lipinski definition) is 1. The first-order valence-electron chi connectivity index (χ1n) is 13.1. The van der Waals surface area contributed by atoms with E-state index in [4.69, 9.17) is 9.47 Å². The maximum absolute atomic E-state index is 11.7. The van der Waals surface area contributed by atoms with Gasteiger partial charge in [-0.25, -0.2) is 9.59 Å². The summed E-state index contributed by atoms with van der Waals surface area (Å²) in [6.45, 7) is 10.4. The van der Waals surface area contributed by atoms with Crippen LogP contribution in [-0.4, -0.2) is 30.8 Å². The highest BCUT2D eigenvalue weighted by molar-refractivity contribution is 5.93. The summed E-state index contributed by atoms with van der Waals surface area (Å²) in [6.07, 6.45) is 5.59. The van der Waals surface area contributed by atoms with Crippen molar-refractivity contribution in [2.45, 2.75) is 66.7 Å². The smallest absolute Gasteiger partial charge is 0.338 e. The summed E-state index contributed by atoms with van der Waals surface area (Å²) in [6, 6.07) is 16.1. The van der Waals surface area contributed by atoms with E-state index in [0.29, 0.717) is 23.5 Å². The van der Waals surface area contributed by atoms with E-state index in [0.717, 1.165) is 46.6 Å². The molecule has 0 spiro atoms. The number of esters is 2. The van der Waals surface area contributed by atoms with Crippen molar-refractivity contribution in [1.29, 1.82) is 0 Å². The molecule has 0 fully saturated rings. The molecule has 0 radical (unpaired) electrons. The lowest BCUT2D eigenvalue weighted by atomic mass is 10.1. The van der Waals surface area contributed by atoms with Crippen molar-refractivity contribution >= 4 is 11.9 Å². The van der Waals surface area contributed by atoms with Crippen molar-refractivity contribution in [3.63, 3.8) is 0 Å². The van der Waals surface area contributed by atoms with Gasteiger partial charge in [0.2, 0.25) is 0 Å². The quantitative estimate of drug-likeness (QED) is 0.215. The Kier molecular flexibility index (Phi) is 12.4. The molecule has 0 unspecified atom stereocenters. The number of phenols is 1. The third kappa shape index (κ3) is 9.25. The molecule has 1 N–H and O–H groups in total. The first kappa shape index (κ1) is 30.4. The van der Waals surface area contributed by atoms with E-state index in [-0.39, 0.29) is 5.97 Å². The second kappa shape index (κ2) is 15.5. The van der Waals surface area contributed by atoms with Crippen LogP contribution < -0.4 is 4.74 Å². The van der Waals surface area contributed by atoms with E-state index in [9.17, 15) is 14.7 Å². The Labute approximate surface area is 226 Å². The van der Waals surface area contributed by atoms with Gasteiger partial charge in [0.1, 0.15) is 17.2 Å². The van der Waals surface area contributed by atoms with Crippen molar-refractivity contribution in [2.75, 3.05) is 13.7 Å². The molecular formula is C32H40O6. The lowest BCUT2D eigenvalue weighted by molar-refractivity contribution is 0.0495. The van der Waals surface area contributed by atoms with Crippen molar-refractivity contribution in [3.8, 4) is 17.2 Å². The number of para-hydroxylation sites is 1. The molecule has 0 aliphatic carbocycles. The second-order valence-electron chi connectivity index (χ2n) is 9.35. The molecule has 38 heavy (non-hydrogen) atoms. The van der Waals surface area contributed by atoms with Gasteiger partial charge in [-0.1, -0.05) is 50.8 Å². The Morgan fingerprint density at radius 2 is 1.26 bits per heavy atom. The van der Waals surface area contributed by atoms with Crippen LogP contribution in [0, 0.1) is 27.7 Å². The maximum atomic E-state index is 11.7. The minimum atomic E-state index is -0.416. The minimum Gasteiger partial charge on any atom is -0.507 e. The summed E-state index contributed by atoms with van der Waals surface area (Å²) in [5.74, 6) is 1.23. The third-order valence-corrected chi connectivity index (χ3v) is 6.12. The third-order valence-electron chi connectivity index (χ3n) is 6.12. The molecule has 3 aromatic rings. The van der Waals surface area contributed by atoms with Gasteiger partial charge in [-0.15, -0.1) is 0 Å². The number of unbranched alkanes of at least 4 members (excludes halogenated alkanes) is 4. The largest absolute Gasteiger partial charge is 0.507 e. The number of ether oxygens (including phenoxy) is 3. The van der Waals surface area contributed by atoms with Crippen LogP contribution in [0.4, 0.5) is 0 Å². The molecule has 0 amide bonds. The number of aryl methyl sites for hydroxylation is 4. The maximum Gasteiger partial charge on any atom is 0.338 e. The highest BCUT2D eigenvalue weighted by Crippen LogP contribution is 2.32. The van der Waals surface area contributed by atoms with E-state index in [1.165, 1.54) is 26.4 Å². The number of methoxy groups -OCH3 is 1. The summed E-state index contributed by atoms with van der Waals surface area (Å²) in [5.41, 5.74) is 4.75. The minimum absolute atomic E-state index is 0.337. The number of rotatable bonds is 10.